The van der Waals surface area contributed by atoms with Crippen LogP contribution >= 0.6 is 11.8 Å². The van der Waals surface area contributed by atoms with Crippen LogP contribution in [0.4, 0.5) is 4.39 Å². The summed E-state index contributed by atoms with van der Waals surface area (Å²) in [5.41, 5.74) is 1.05. The number of benzene rings is 1. The first-order chi connectivity index (χ1) is 8.19. The Morgan fingerprint density at radius 1 is 1.47 bits per heavy atom. The van der Waals surface area contributed by atoms with Gasteiger partial charge in [-0.2, -0.15) is 5.26 Å². The van der Waals surface area contributed by atoms with Gasteiger partial charge in [0.25, 0.3) is 0 Å². The van der Waals surface area contributed by atoms with Crippen molar-refractivity contribution in [3.05, 3.63) is 35.1 Å². The van der Waals surface area contributed by atoms with Gasteiger partial charge in [-0.1, -0.05) is 11.8 Å². The number of rotatable bonds is 3. The standard InChI is InChI=1S/C10H8FN5S/c1-16-10(13-14-15-16)17-6-8-2-7(5-12)3-9(11)4-8/h2-4H,6H2,1H3. The topological polar surface area (TPSA) is 67.4 Å². The van der Waals surface area contributed by atoms with Crippen molar-refractivity contribution in [3.63, 3.8) is 0 Å². The highest BCUT2D eigenvalue weighted by molar-refractivity contribution is 7.98. The number of thioether (sulfide) groups is 1. The number of hydrogen-bond donors (Lipinski definition) is 0. The van der Waals surface area contributed by atoms with E-state index in [1.54, 1.807) is 13.1 Å². The lowest BCUT2D eigenvalue weighted by Gasteiger charge is -2.01. The zero-order valence-corrected chi connectivity index (χ0v) is 9.78. The summed E-state index contributed by atoms with van der Waals surface area (Å²) >= 11 is 1.39. The molecule has 0 saturated heterocycles. The van der Waals surface area contributed by atoms with Gasteiger partial charge in [0.1, 0.15) is 5.82 Å². The summed E-state index contributed by atoms with van der Waals surface area (Å²) in [6.45, 7) is 0. The molecule has 1 aromatic heterocycles. The van der Waals surface area contributed by atoms with E-state index in [2.05, 4.69) is 15.5 Å². The van der Waals surface area contributed by atoms with E-state index in [4.69, 9.17) is 5.26 Å². The molecule has 7 heteroatoms. The van der Waals surface area contributed by atoms with Crippen LogP contribution in [0.25, 0.3) is 0 Å². The molecule has 2 aromatic rings. The summed E-state index contributed by atoms with van der Waals surface area (Å²) in [5.74, 6) is 0.108. The normalized spacial score (nSPS) is 10.2. The van der Waals surface area contributed by atoms with Crippen LogP contribution in [-0.2, 0) is 12.8 Å². The highest BCUT2D eigenvalue weighted by atomic mass is 32.2. The molecule has 0 aliphatic carbocycles. The van der Waals surface area contributed by atoms with Gasteiger partial charge in [0.2, 0.25) is 5.16 Å². The molecular formula is C10H8FN5S. The van der Waals surface area contributed by atoms with Gasteiger partial charge in [-0.3, -0.25) is 0 Å². The summed E-state index contributed by atoms with van der Waals surface area (Å²) in [6, 6.07) is 6.18. The van der Waals surface area contributed by atoms with Crippen molar-refractivity contribution in [2.24, 2.45) is 7.05 Å². The van der Waals surface area contributed by atoms with Gasteiger partial charge in [0.05, 0.1) is 11.6 Å². The molecule has 1 heterocycles. The fraction of sp³-hybridized carbons (Fsp3) is 0.200. The minimum atomic E-state index is -0.407. The molecule has 2 rings (SSSR count). The lowest BCUT2D eigenvalue weighted by molar-refractivity contribution is 0.626. The second-order valence-corrected chi connectivity index (χ2v) is 4.28. The Morgan fingerprint density at radius 2 is 2.29 bits per heavy atom. The molecule has 17 heavy (non-hydrogen) atoms. The lowest BCUT2D eigenvalue weighted by Crippen LogP contribution is -1.94. The quantitative estimate of drug-likeness (QED) is 0.771. The van der Waals surface area contributed by atoms with Crippen LogP contribution < -0.4 is 0 Å². The van der Waals surface area contributed by atoms with E-state index in [1.165, 1.54) is 28.6 Å². The summed E-state index contributed by atoms with van der Waals surface area (Å²) < 4.78 is 14.7. The second-order valence-electron chi connectivity index (χ2n) is 3.33. The maximum atomic E-state index is 13.2. The number of tetrazole rings is 1. The van der Waals surface area contributed by atoms with Crippen molar-refractivity contribution in [1.82, 2.24) is 20.2 Å². The Kier molecular flexibility index (Phi) is 3.35. The van der Waals surface area contributed by atoms with Gasteiger partial charge < -0.3 is 0 Å². The van der Waals surface area contributed by atoms with Crippen LogP contribution in [0, 0.1) is 17.1 Å². The second kappa shape index (κ2) is 4.93. The molecule has 0 fully saturated rings. The zero-order valence-electron chi connectivity index (χ0n) is 8.96. The van der Waals surface area contributed by atoms with E-state index >= 15 is 0 Å². The average molecular weight is 249 g/mol. The van der Waals surface area contributed by atoms with Crippen LogP contribution in [0.5, 0.6) is 0 Å². The number of nitrogens with zero attached hydrogens (tertiary/aromatic N) is 5. The molecule has 0 bridgehead atoms. The third kappa shape index (κ3) is 2.79. The van der Waals surface area contributed by atoms with Crippen LogP contribution in [0.1, 0.15) is 11.1 Å². The van der Waals surface area contributed by atoms with Gasteiger partial charge in [0.15, 0.2) is 0 Å². The number of hydrogen-bond acceptors (Lipinski definition) is 5. The Hall–Kier alpha value is -1.94. The van der Waals surface area contributed by atoms with Crippen LogP contribution in [0.3, 0.4) is 0 Å². The molecule has 0 spiro atoms. The fourth-order valence-electron chi connectivity index (χ4n) is 1.29. The van der Waals surface area contributed by atoms with Gasteiger partial charge in [0, 0.05) is 12.8 Å². The number of aromatic nitrogens is 4. The molecule has 0 atom stereocenters. The Morgan fingerprint density at radius 3 is 2.94 bits per heavy atom. The molecule has 0 unspecified atom stereocenters. The molecule has 5 nitrogen and oxygen atoms in total. The minimum absolute atomic E-state index is 0.316. The van der Waals surface area contributed by atoms with Crippen molar-refractivity contribution in [2.75, 3.05) is 0 Å². The fourth-order valence-corrected chi connectivity index (χ4v) is 2.07. The molecular weight excluding hydrogens is 241 g/mol. The predicted molar refractivity (Wildman–Crippen MR) is 59.5 cm³/mol. The SMILES string of the molecule is Cn1nnnc1SCc1cc(F)cc(C#N)c1. The first-order valence-corrected chi connectivity index (χ1v) is 5.72. The zero-order chi connectivity index (χ0) is 12.3. The van der Waals surface area contributed by atoms with E-state index < -0.39 is 5.82 Å². The van der Waals surface area contributed by atoms with E-state index in [0.717, 1.165) is 5.56 Å². The molecule has 0 aliphatic heterocycles. The monoisotopic (exact) mass is 249 g/mol. The van der Waals surface area contributed by atoms with E-state index in [0.29, 0.717) is 16.5 Å². The first-order valence-electron chi connectivity index (χ1n) is 4.74. The summed E-state index contributed by atoms with van der Waals surface area (Å²) in [6.07, 6.45) is 0. The number of halogens is 1. The highest BCUT2D eigenvalue weighted by Gasteiger charge is 2.05. The van der Waals surface area contributed by atoms with Crippen molar-refractivity contribution in [1.29, 1.82) is 5.26 Å². The van der Waals surface area contributed by atoms with Crippen LogP contribution in [0.15, 0.2) is 23.4 Å². The molecule has 86 valence electrons. The van der Waals surface area contributed by atoms with Gasteiger partial charge >= 0.3 is 0 Å². The van der Waals surface area contributed by atoms with Crippen molar-refractivity contribution < 1.29 is 4.39 Å². The lowest BCUT2D eigenvalue weighted by atomic mass is 10.1. The molecule has 0 radical (unpaired) electrons. The first kappa shape index (κ1) is 11.5. The van der Waals surface area contributed by atoms with Crippen LogP contribution in [0.2, 0.25) is 0 Å². The Labute approximate surface area is 101 Å². The maximum absolute atomic E-state index is 13.2. The third-order valence-electron chi connectivity index (χ3n) is 2.04. The Bertz CT molecular complexity index is 574. The molecule has 0 aliphatic rings. The minimum Gasteiger partial charge on any atom is -0.224 e. The molecule has 0 amide bonds. The largest absolute Gasteiger partial charge is 0.224 e. The summed E-state index contributed by atoms with van der Waals surface area (Å²) in [4.78, 5) is 0. The smallest absolute Gasteiger partial charge is 0.209 e. The van der Waals surface area contributed by atoms with Gasteiger partial charge in [-0.05, 0) is 34.2 Å². The van der Waals surface area contributed by atoms with E-state index in [-0.39, 0.29) is 0 Å². The number of nitriles is 1. The van der Waals surface area contributed by atoms with E-state index in [1.807, 2.05) is 6.07 Å². The van der Waals surface area contributed by atoms with E-state index in [9.17, 15) is 4.39 Å². The third-order valence-corrected chi connectivity index (χ3v) is 3.12. The molecule has 0 N–H and O–H groups in total. The van der Waals surface area contributed by atoms with Crippen molar-refractivity contribution >= 4 is 11.8 Å². The summed E-state index contributed by atoms with van der Waals surface area (Å²) in [5, 5.41) is 20.4. The van der Waals surface area contributed by atoms with Crippen molar-refractivity contribution in [2.45, 2.75) is 10.9 Å². The number of aryl methyl sites for hydroxylation is 1. The van der Waals surface area contributed by atoms with Gasteiger partial charge in [-0.25, -0.2) is 9.07 Å². The predicted octanol–water partition coefficient (Wildman–Crippen LogP) is 1.51. The molecule has 0 saturated carbocycles. The summed E-state index contributed by atoms with van der Waals surface area (Å²) in [7, 11) is 1.73. The van der Waals surface area contributed by atoms with Crippen LogP contribution in [-0.4, -0.2) is 20.2 Å². The Balaban J connectivity index is 2.12. The average Bonchev–Trinajstić information content (AvgIpc) is 2.71. The van der Waals surface area contributed by atoms with Gasteiger partial charge in [-0.15, -0.1) is 5.10 Å². The molecule has 1 aromatic carbocycles. The maximum Gasteiger partial charge on any atom is 0.209 e. The van der Waals surface area contributed by atoms with Crippen molar-refractivity contribution in [3.8, 4) is 6.07 Å². The highest BCUT2D eigenvalue weighted by Crippen LogP contribution is 2.20.